The second kappa shape index (κ2) is 10.1. The van der Waals surface area contributed by atoms with Crippen molar-refractivity contribution in [1.82, 2.24) is 20.5 Å². The van der Waals surface area contributed by atoms with Crippen LogP contribution in [0.1, 0.15) is 29.9 Å². The number of pyridine rings is 1. The van der Waals surface area contributed by atoms with Crippen molar-refractivity contribution in [2.24, 2.45) is 5.41 Å². The lowest BCUT2D eigenvalue weighted by Crippen LogP contribution is -2.48. The van der Waals surface area contributed by atoms with Crippen LogP contribution in [0.15, 0.2) is 72.9 Å². The lowest BCUT2D eigenvalue weighted by atomic mass is 9.82. The van der Waals surface area contributed by atoms with Gasteiger partial charge in [0.15, 0.2) is 0 Å². The Morgan fingerprint density at radius 1 is 1.09 bits per heavy atom. The van der Waals surface area contributed by atoms with Gasteiger partial charge in [0.2, 0.25) is 0 Å². The lowest BCUT2D eigenvalue weighted by molar-refractivity contribution is 0.0808. The fraction of sp³-hybridized carbons (Fsp3) is 0.222. The molecule has 2 aromatic heterocycles. The third-order valence-electron chi connectivity index (χ3n) is 6.04. The second-order valence-corrected chi connectivity index (χ2v) is 9.03. The minimum atomic E-state index is -0.664. The SMILES string of the molecule is CC(C)(CO)[C@@H](Cc1ccccn1)NC(=O)c1cccc(F)c1-c1cc(-c2ccc(F)cc2)[nH]n1. The molecular weight excluding hydrogens is 450 g/mol. The smallest absolute Gasteiger partial charge is 0.252 e. The van der Waals surface area contributed by atoms with Crippen LogP contribution in [0.2, 0.25) is 0 Å². The fourth-order valence-electron chi connectivity index (χ4n) is 3.80. The minimum absolute atomic E-state index is 0.0491. The van der Waals surface area contributed by atoms with Crippen molar-refractivity contribution in [1.29, 1.82) is 0 Å². The second-order valence-electron chi connectivity index (χ2n) is 9.03. The number of aromatic nitrogens is 3. The molecule has 0 bridgehead atoms. The number of aliphatic hydroxyl groups is 1. The molecule has 3 N–H and O–H groups in total. The summed E-state index contributed by atoms with van der Waals surface area (Å²) in [6, 6.07) is 16.7. The number of benzene rings is 2. The Morgan fingerprint density at radius 3 is 2.54 bits per heavy atom. The monoisotopic (exact) mass is 476 g/mol. The van der Waals surface area contributed by atoms with Crippen molar-refractivity contribution in [2.45, 2.75) is 26.3 Å². The van der Waals surface area contributed by atoms with Crippen molar-refractivity contribution < 1.29 is 18.7 Å². The number of hydrogen-bond donors (Lipinski definition) is 3. The van der Waals surface area contributed by atoms with E-state index < -0.39 is 23.2 Å². The first kappa shape index (κ1) is 24.2. The molecule has 0 aliphatic carbocycles. The largest absolute Gasteiger partial charge is 0.396 e. The molecule has 0 saturated heterocycles. The van der Waals surface area contributed by atoms with Gasteiger partial charge in [-0.1, -0.05) is 26.0 Å². The van der Waals surface area contributed by atoms with Gasteiger partial charge >= 0.3 is 0 Å². The summed E-state index contributed by atoms with van der Waals surface area (Å²) in [6.45, 7) is 3.52. The summed E-state index contributed by atoms with van der Waals surface area (Å²) in [4.78, 5) is 17.7. The Bertz CT molecular complexity index is 1300. The molecule has 6 nitrogen and oxygen atoms in total. The van der Waals surface area contributed by atoms with Gasteiger partial charge in [-0.25, -0.2) is 8.78 Å². The maximum absolute atomic E-state index is 15.0. The van der Waals surface area contributed by atoms with Gasteiger partial charge in [0, 0.05) is 29.8 Å². The van der Waals surface area contributed by atoms with E-state index in [-0.39, 0.29) is 29.2 Å². The molecule has 2 aromatic carbocycles. The first-order valence-corrected chi connectivity index (χ1v) is 11.2. The molecule has 0 unspecified atom stereocenters. The van der Waals surface area contributed by atoms with Gasteiger partial charge in [-0.05, 0) is 60.2 Å². The number of amides is 1. The normalized spacial score (nSPS) is 12.4. The van der Waals surface area contributed by atoms with E-state index in [0.29, 0.717) is 17.7 Å². The Kier molecular flexibility index (Phi) is 7.02. The lowest BCUT2D eigenvalue weighted by Gasteiger charge is -2.33. The van der Waals surface area contributed by atoms with E-state index in [0.717, 1.165) is 5.69 Å². The highest BCUT2D eigenvalue weighted by molar-refractivity contribution is 6.01. The average Bonchev–Trinajstić information content (AvgIpc) is 3.34. The molecule has 35 heavy (non-hydrogen) atoms. The molecule has 0 saturated carbocycles. The number of carbonyl (C=O) groups excluding carboxylic acids is 1. The van der Waals surface area contributed by atoms with E-state index in [9.17, 15) is 14.3 Å². The summed E-state index contributed by atoms with van der Waals surface area (Å²) < 4.78 is 28.3. The van der Waals surface area contributed by atoms with Gasteiger partial charge < -0.3 is 10.4 Å². The van der Waals surface area contributed by atoms with Crippen LogP contribution >= 0.6 is 0 Å². The van der Waals surface area contributed by atoms with Gasteiger partial charge in [0.25, 0.3) is 5.91 Å². The Morgan fingerprint density at radius 2 is 1.86 bits per heavy atom. The molecule has 8 heteroatoms. The molecule has 0 fully saturated rings. The summed E-state index contributed by atoms with van der Waals surface area (Å²) in [5.74, 6) is -1.46. The van der Waals surface area contributed by atoms with E-state index in [1.807, 2.05) is 26.0 Å². The summed E-state index contributed by atoms with van der Waals surface area (Å²) in [5, 5.41) is 20.0. The van der Waals surface area contributed by atoms with Crippen LogP contribution < -0.4 is 5.32 Å². The Hall–Kier alpha value is -3.91. The average molecular weight is 477 g/mol. The Balaban J connectivity index is 1.66. The number of nitrogens with one attached hydrogen (secondary N) is 2. The molecule has 1 atom stereocenters. The zero-order chi connectivity index (χ0) is 25.0. The quantitative estimate of drug-likeness (QED) is 0.342. The van der Waals surface area contributed by atoms with E-state index >= 15 is 4.39 Å². The molecule has 0 aliphatic heterocycles. The number of aromatic amines is 1. The number of rotatable bonds is 8. The van der Waals surface area contributed by atoms with Crippen LogP contribution in [0.5, 0.6) is 0 Å². The number of hydrogen-bond acceptors (Lipinski definition) is 4. The highest BCUT2D eigenvalue weighted by Crippen LogP contribution is 2.30. The van der Waals surface area contributed by atoms with Gasteiger partial charge in [-0.2, -0.15) is 5.10 Å². The molecule has 0 radical (unpaired) electrons. The summed E-state index contributed by atoms with van der Waals surface area (Å²) >= 11 is 0. The number of halogens is 2. The Labute approximate surface area is 202 Å². The van der Waals surface area contributed by atoms with Gasteiger partial charge in [-0.3, -0.25) is 14.9 Å². The van der Waals surface area contributed by atoms with Gasteiger partial charge in [0.05, 0.1) is 29.1 Å². The minimum Gasteiger partial charge on any atom is -0.396 e. The number of nitrogens with zero attached hydrogens (tertiary/aromatic N) is 2. The highest BCUT2D eigenvalue weighted by Gasteiger charge is 2.32. The van der Waals surface area contributed by atoms with Crippen LogP contribution in [-0.4, -0.2) is 38.8 Å². The molecule has 0 spiro atoms. The molecule has 0 aliphatic rings. The first-order chi connectivity index (χ1) is 16.8. The molecular formula is C27H26F2N4O2. The third-order valence-corrected chi connectivity index (χ3v) is 6.04. The van der Waals surface area contributed by atoms with Crippen molar-refractivity contribution in [3.05, 3.63) is 95.8 Å². The summed E-state index contributed by atoms with van der Waals surface area (Å²) in [7, 11) is 0. The zero-order valence-corrected chi connectivity index (χ0v) is 19.4. The van der Waals surface area contributed by atoms with Gasteiger partial charge in [0.1, 0.15) is 11.6 Å². The molecule has 4 rings (SSSR count). The van der Waals surface area contributed by atoms with Crippen LogP contribution in [-0.2, 0) is 6.42 Å². The molecule has 2 heterocycles. The molecule has 180 valence electrons. The van der Waals surface area contributed by atoms with E-state index in [1.165, 1.54) is 30.3 Å². The predicted octanol–water partition coefficient (Wildman–Crippen LogP) is 4.78. The standard InChI is InChI=1S/C27H26F2N4O2/c1-27(2,16-34)24(14-19-6-3-4-13-30-19)31-26(35)20-7-5-8-21(29)25(20)23-15-22(32-33-23)17-9-11-18(28)12-10-17/h3-13,15,24,34H,14,16H2,1-2H3,(H,31,35)(H,32,33)/t24-/m1/s1. The predicted molar refractivity (Wildman–Crippen MR) is 129 cm³/mol. The molecule has 1 amide bonds. The van der Waals surface area contributed by atoms with Crippen molar-refractivity contribution >= 4 is 5.91 Å². The fourth-order valence-corrected chi connectivity index (χ4v) is 3.80. The molecule has 4 aromatic rings. The first-order valence-electron chi connectivity index (χ1n) is 11.2. The van der Waals surface area contributed by atoms with E-state index in [4.69, 9.17) is 0 Å². The van der Waals surface area contributed by atoms with Crippen LogP contribution in [0.3, 0.4) is 0 Å². The van der Waals surface area contributed by atoms with Gasteiger partial charge in [-0.15, -0.1) is 0 Å². The van der Waals surface area contributed by atoms with Crippen molar-refractivity contribution in [3.63, 3.8) is 0 Å². The van der Waals surface area contributed by atoms with Crippen molar-refractivity contribution in [3.8, 4) is 22.5 Å². The van der Waals surface area contributed by atoms with Crippen LogP contribution in [0.25, 0.3) is 22.5 Å². The summed E-state index contributed by atoms with van der Waals surface area (Å²) in [6.07, 6.45) is 2.06. The maximum Gasteiger partial charge on any atom is 0.252 e. The third kappa shape index (κ3) is 5.44. The highest BCUT2D eigenvalue weighted by atomic mass is 19.1. The van der Waals surface area contributed by atoms with E-state index in [2.05, 4.69) is 20.5 Å². The zero-order valence-electron chi connectivity index (χ0n) is 19.4. The number of carbonyl (C=O) groups is 1. The number of H-pyrrole nitrogens is 1. The summed E-state index contributed by atoms with van der Waals surface area (Å²) in [5.41, 5.74) is 1.74. The van der Waals surface area contributed by atoms with Crippen LogP contribution in [0.4, 0.5) is 8.78 Å². The topological polar surface area (TPSA) is 90.9 Å². The maximum atomic E-state index is 15.0. The van der Waals surface area contributed by atoms with E-state index in [1.54, 1.807) is 30.5 Å². The number of aliphatic hydroxyl groups excluding tert-OH is 1. The van der Waals surface area contributed by atoms with Crippen molar-refractivity contribution in [2.75, 3.05) is 6.61 Å². The van der Waals surface area contributed by atoms with Crippen LogP contribution in [0, 0.1) is 17.0 Å².